The van der Waals surface area contributed by atoms with Crippen LogP contribution in [0.1, 0.15) is 60.9 Å². The molecule has 0 bridgehead atoms. The molecule has 3 atom stereocenters. The number of piperidine rings is 1. The van der Waals surface area contributed by atoms with Crippen LogP contribution in [0.3, 0.4) is 0 Å². The van der Waals surface area contributed by atoms with Gasteiger partial charge in [0, 0.05) is 50.3 Å². The molecule has 0 N–H and O–H groups in total. The van der Waals surface area contributed by atoms with Crippen molar-refractivity contribution in [2.75, 3.05) is 78.5 Å². The number of esters is 1. The van der Waals surface area contributed by atoms with E-state index in [1.807, 2.05) is 11.0 Å². The minimum atomic E-state index is -3.80. The molecule has 4 fully saturated rings. The standard InChI is InChI=1S/C43H54F2N4O5S/c1-46(2)41(51)31-11-15-37(16-12-31)55(52,53)38-17-13-36(14-18-38)49-28-42(45,29-49)27-48-23-19-33(20-24-48)43(30-47-21-6-22-47,34-8-5-9-35(44)26-34)39-10-4-7-32(39)25-40(50)54-3/h5,8-9,11-18,26,32-33,39H,4,6-7,10,19-25,27-30H2,1-3H3/t32-,39+,43+/m1/s1. The van der Waals surface area contributed by atoms with Crippen molar-refractivity contribution >= 4 is 27.4 Å². The molecule has 1 saturated carbocycles. The number of hydrogen-bond donors (Lipinski definition) is 0. The molecule has 55 heavy (non-hydrogen) atoms. The van der Waals surface area contributed by atoms with Gasteiger partial charge in [-0.3, -0.25) is 14.5 Å². The molecular formula is C43H54F2N4O5S. The summed E-state index contributed by atoms with van der Waals surface area (Å²) in [4.78, 5) is 33.2. The zero-order valence-electron chi connectivity index (χ0n) is 32.3. The van der Waals surface area contributed by atoms with Crippen LogP contribution in [0.25, 0.3) is 0 Å². The van der Waals surface area contributed by atoms with E-state index in [0.29, 0.717) is 18.5 Å². The number of anilines is 1. The summed E-state index contributed by atoms with van der Waals surface area (Å²) in [7, 11) is 0.933. The van der Waals surface area contributed by atoms with Crippen LogP contribution >= 0.6 is 0 Å². The van der Waals surface area contributed by atoms with E-state index in [2.05, 4.69) is 15.9 Å². The highest BCUT2D eigenvalue weighted by Gasteiger charge is 2.53. The Labute approximate surface area is 324 Å². The summed E-state index contributed by atoms with van der Waals surface area (Å²) in [5.41, 5.74) is 0.493. The number of likely N-dealkylation sites (tertiary alicyclic amines) is 2. The maximum absolute atomic E-state index is 16.3. The van der Waals surface area contributed by atoms with Crippen molar-refractivity contribution in [1.82, 2.24) is 14.7 Å². The quantitative estimate of drug-likeness (QED) is 0.189. The molecule has 1 amide bonds. The fraction of sp³-hybridized carbons (Fsp3) is 0.535. The third-order valence-electron chi connectivity index (χ3n) is 12.9. The molecule has 3 aliphatic heterocycles. The van der Waals surface area contributed by atoms with Gasteiger partial charge in [0.2, 0.25) is 9.84 Å². The number of carbonyl (C=O) groups is 2. The van der Waals surface area contributed by atoms with Crippen molar-refractivity contribution in [1.29, 1.82) is 0 Å². The van der Waals surface area contributed by atoms with Crippen molar-refractivity contribution in [2.24, 2.45) is 17.8 Å². The summed E-state index contributed by atoms with van der Waals surface area (Å²) in [5.74, 6) is 0.0252. The molecule has 0 radical (unpaired) electrons. The highest BCUT2D eigenvalue weighted by Crippen LogP contribution is 2.54. The summed E-state index contributed by atoms with van der Waals surface area (Å²) in [5, 5.41) is 0. The number of carbonyl (C=O) groups excluding carboxylic acids is 2. The van der Waals surface area contributed by atoms with Gasteiger partial charge >= 0.3 is 5.97 Å². The van der Waals surface area contributed by atoms with E-state index in [-0.39, 0.29) is 63.7 Å². The van der Waals surface area contributed by atoms with Gasteiger partial charge in [-0.25, -0.2) is 17.2 Å². The van der Waals surface area contributed by atoms with Crippen molar-refractivity contribution < 1.29 is 31.5 Å². The topological polar surface area (TPSA) is 90.5 Å². The zero-order valence-corrected chi connectivity index (χ0v) is 33.1. The van der Waals surface area contributed by atoms with Crippen LogP contribution in [0.2, 0.25) is 0 Å². The van der Waals surface area contributed by atoms with Gasteiger partial charge < -0.3 is 19.4 Å². The number of alkyl halides is 1. The Hall–Kier alpha value is -3.87. The summed E-state index contributed by atoms with van der Waals surface area (Å²) in [6, 6.07) is 19.6. The Morgan fingerprint density at radius 2 is 1.53 bits per heavy atom. The van der Waals surface area contributed by atoms with Gasteiger partial charge in [-0.1, -0.05) is 18.6 Å². The zero-order chi connectivity index (χ0) is 39.0. The summed E-state index contributed by atoms with van der Waals surface area (Å²) in [6.07, 6.45) is 6.27. The lowest BCUT2D eigenvalue weighted by Gasteiger charge is -2.54. The molecule has 0 aromatic heterocycles. The lowest BCUT2D eigenvalue weighted by atomic mass is 9.56. The Morgan fingerprint density at radius 3 is 2.11 bits per heavy atom. The molecule has 3 heterocycles. The summed E-state index contributed by atoms with van der Waals surface area (Å²) >= 11 is 0. The number of benzene rings is 3. The lowest BCUT2D eigenvalue weighted by Crippen LogP contribution is -2.64. The third-order valence-corrected chi connectivity index (χ3v) is 14.7. The summed E-state index contributed by atoms with van der Waals surface area (Å²) in [6.45, 7) is 5.16. The molecule has 9 nitrogen and oxygen atoms in total. The Balaban J connectivity index is 1.01. The maximum atomic E-state index is 16.3. The van der Waals surface area contributed by atoms with Gasteiger partial charge in [0.1, 0.15) is 5.82 Å². The van der Waals surface area contributed by atoms with Crippen molar-refractivity contribution in [3.05, 3.63) is 89.7 Å². The second-order valence-electron chi connectivity index (χ2n) is 16.5. The molecule has 3 aromatic carbocycles. The van der Waals surface area contributed by atoms with Crippen LogP contribution in [0.15, 0.2) is 82.6 Å². The Morgan fingerprint density at radius 1 is 0.873 bits per heavy atom. The van der Waals surface area contributed by atoms with Crippen LogP contribution in [-0.2, 0) is 24.8 Å². The van der Waals surface area contributed by atoms with Crippen LogP contribution in [-0.4, -0.2) is 114 Å². The Kier molecular flexibility index (Phi) is 11.4. The van der Waals surface area contributed by atoms with Crippen molar-refractivity contribution in [3.8, 4) is 0 Å². The predicted octanol–water partition coefficient (Wildman–Crippen LogP) is 6.22. The third kappa shape index (κ3) is 8.05. The first-order valence-corrected chi connectivity index (χ1v) is 21.2. The molecule has 4 aliphatic rings. The van der Waals surface area contributed by atoms with Crippen LogP contribution in [0.4, 0.5) is 14.5 Å². The minimum Gasteiger partial charge on any atom is -0.469 e. The molecule has 3 saturated heterocycles. The first kappa shape index (κ1) is 39.4. The smallest absolute Gasteiger partial charge is 0.305 e. The van der Waals surface area contributed by atoms with Crippen molar-refractivity contribution in [2.45, 2.75) is 65.8 Å². The number of methoxy groups -OCH3 is 1. The minimum absolute atomic E-state index is 0.101. The molecule has 1 aliphatic carbocycles. The molecule has 0 spiro atoms. The van der Waals surface area contributed by atoms with Crippen LogP contribution in [0.5, 0.6) is 0 Å². The van der Waals surface area contributed by atoms with Crippen molar-refractivity contribution in [3.63, 3.8) is 0 Å². The number of halogens is 2. The monoisotopic (exact) mass is 776 g/mol. The molecule has 12 heteroatoms. The summed E-state index contributed by atoms with van der Waals surface area (Å²) < 4.78 is 63.1. The van der Waals surface area contributed by atoms with E-state index in [4.69, 9.17) is 4.74 Å². The highest BCUT2D eigenvalue weighted by molar-refractivity contribution is 7.91. The predicted molar refractivity (Wildman–Crippen MR) is 208 cm³/mol. The largest absolute Gasteiger partial charge is 0.469 e. The van der Waals surface area contributed by atoms with Gasteiger partial charge in [0.25, 0.3) is 5.91 Å². The van der Waals surface area contributed by atoms with E-state index < -0.39 is 15.5 Å². The van der Waals surface area contributed by atoms with Gasteiger partial charge in [-0.2, -0.15) is 0 Å². The van der Waals surface area contributed by atoms with E-state index in [9.17, 15) is 18.0 Å². The van der Waals surface area contributed by atoms with Crippen LogP contribution < -0.4 is 4.90 Å². The number of sulfone groups is 1. The average Bonchev–Trinajstić information content (AvgIpc) is 3.62. The Bertz CT molecular complexity index is 1940. The van der Waals surface area contributed by atoms with E-state index in [1.54, 1.807) is 44.4 Å². The number of hydrogen-bond acceptors (Lipinski definition) is 8. The molecule has 3 aromatic rings. The molecule has 296 valence electrons. The number of rotatable bonds is 13. The fourth-order valence-corrected chi connectivity index (χ4v) is 11.2. The second kappa shape index (κ2) is 15.9. The first-order chi connectivity index (χ1) is 26.3. The molecule has 7 rings (SSSR count). The molecular weight excluding hydrogens is 723 g/mol. The number of nitrogens with zero attached hydrogens (tertiary/aromatic N) is 4. The highest BCUT2D eigenvalue weighted by atomic mass is 32.2. The number of amides is 1. The SMILES string of the molecule is COC(=O)C[C@H]1CCC[C@@H]1[C@](CN1CCC1)(c1cccc(F)c1)C1CCN(CC2(F)CN(c3ccc(S(=O)(=O)c4ccc(C(=O)N(C)C)cc4)cc3)C2)CC1. The van der Waals surface area contributed by atoms with E-state index in [1.165, 1.54) is 42.3 Å². The maximum Gasteiger partial charge on any atom is 0.305 e. The van der Waals surface area contributed by atoms with Gasteiger partial charge in [0.05, 0.1) is 30.0 Å². The lowest BCUT2D eigenvalue weighted by molar-refractivity contribution is -0.142. The molecule has 0 unspecified atom stereocenters. The van der Waals surface area contributed by atoms with Gasteiger partial charge in [0.15, 0.2) is 5.67 Å². The normalized spacial score (nSPS) is 23.0. The van der Waals surface area contributed by atoms with Gasteiger partial charge in [-0.05, 0) is 142 Å². The fourth-order valence-electron chi connectivity index (χ4n) is 9.97. The second-order valence-corrected chi connectivity index (χ2v) is 18.5. The van der Waals surface area contributed by atoms with E-state index >= 15 is 8.78 Å². The first-order valence-electron chi connectivity index (χ1n) is 19.7. The average molecular weight is 777 g/mol. The van der Waals surface area contributed by atoms with Crippen LogP contribution in [0, 0.1) is 23.6 Å². The van der Waals surface area contributed by atoms with Gasteiger partial charge in [-0.15, -0.1) is 0 Å². The number of ether oxygens (including phenoxy) is 1. The van der Waals surface area contributed by atoms with E-state index in [0.717, 1.165) is 82.5 Å².